The molecule has 0 saturated carbocycles. The topological polar surface area (TPSA) is 191 Å². The van der Waals surface area contributed by atoms with Gasteiger partial charge in [0.2, 0.25) is 23.6 Å². The van der Waals surface area contributed by atoms with Crippen LogP contribution < -0.4 is 21.3 Å². The van der Waals surface area contributed by atoms with Crippen molar-refractivity contribution in [1.29, 1.82) is 0 Å². The fraction of sp³-hybridized carbons (Fsp3) is 0.857. The van der Waals surface area contributed by atoms with Crippen molar-refractivity contribution in [3.63, 3.8) is 0 Å². The van der Waals surface area contributed by atoms with Crippen molar-refractivity contribution < 1.29 is 39.0 Å². The number of amides is 4. The number of rotatable bonds is 39. The minimum absolute atomic E-state index is 0.0337. The lowest BCUT2D eigenvalue weighted by molar-refractivity contribution is -0.142. The first-order chi connectivity index (χ1) is 26.1. The normalized spacial score (nSPS) is 12.1. The van der Waals surface area contributed by atoms with Crippen LogP contribution >= 0.6 is 0 Å². The van der Waals surface area contributed by atoms with Crippen LogP contribution in [0.25, 0.3) is 0 Å². The molecule has 314 valence electrons. The second kappa shape index (κ2) is 36.8. The molecule has 0 aromatic heterocycles. The highest BCUT2D eigenvalue weighted by Gasteiger charge is 2.22. The van der Waals surface area contributed by atoms with Gasteiger partial charge in [-0.3, -0.25) is 19.2 Å². The van der Waals surface area contributed by atoms with E-state index in [1.54, 1.807) is 0 Å². The van der Waals surface area contributed by atoms with E-state index in [1.807, 2.05) is 0 Å². The second-order valence-corrected chi connectivity index (χ2v) is 15.0. The van der Waals surface area contributed by atoms with Crippen LogP contribution in [0.2, 0.25) is 0 Å². The molecular weight excluding hydrogens is 688 g/mol. The minimum atomic E-state index is -1.13. The molecule has 54 heavy (non-hydrogen) atoms. The second-order valence-electron chi connectivity index (χ2n) is 15.0. The Bertz CT molecular complexity index is 931. The van der Waals surface area contributed by atoms with E-state index in [-0.39, 0.29) is 49.3 Å². The van der Waals surface area contributed by atoms with Gasteiger partial charge >= 0.3 is 11.9 Å². The van der Waals surface area contributed by atoms with Crippen molar-refractivity contribution in [2.45, 2.75) is 219 Å². The maximum absolute atomic E-state index is 12.2. The summed E-state index contributed by atoms with van der Waals surface area (Å²) in [6.07, 6.45) is 26.7. The molecule has 0 bridgehead atoms. The smallest absolute Gasteiger partial charge is 0.326 e. The molecule has 0 radical (unpaired) electrons. The van der Waals surface area contributed by atoms with Crippen molar-refractivity contribution >= 4 is 35.6 Å². The summed E-state index contributed by atoms with van der Waals surface area (Å²) in [6.45, 7) is 5.42. The summed E-state index contributed by atoms with van der Waals surface area (Å²) in [5.74, 6) is -3.27. The van der Waals surface area contributed by atoms with Crippen LogP contribution in [0.1, 0.15) is 206 Å². The highest BCUT2D eigenvalue weighted by atomic mass is 16.4. The van der Waals surface area contributed by atoms with Gasteiger partial charge in [0.05, 0.1) is 0 Å². The van der Waals surface area contributed by atoms with E-state index < -0.39 is 24.0 Å². The predicted molar refractivity (Wildman–Crippen MR) is 215 cm³/mol. The number of carboxylic acids is 2. The number of carbonyl (C=O) groups excluding carboxylic acids is 4. The molecule has 0 saturated heterocycles. The molecule has 0 unspecified atom stereocenters. The maximum Gasteiger partial charge on any atom is 0.326 e. The van der Waals surface area contributed by atoms with Gasteiger partial charge in [0, 0.05) is 38.8 Å². The first-order valence-corrected chi connectivity index (χ1v) is 21.7. The molecule has 0 aliphatic carbocycles. The maximum atomic E-state index is 12.2. The van der Waals surface area contributed by atoms with Crippen molar-refractivity contribution in [2.24, 2.45) is 0 Å². The van der Waals surface area contributed by atoms with Crippen LogP contribution in [0.3, 0.4) is 0 Å². The summed E-state index contributed by atoms with van der Waals surface area (Å²) < 4.78 is 0. The summed E-state index contributed by atoms with van der Waals surface area (Å²) in [7, 11) is 0. The first-order valence-electron chi connectivity index (χ1n) is 21.7. The highest BCUT2D eigenvalue weighted by Crippen LogP contribution is 2.12. The van der Waals surface area contributed by atoms with E-state index in [4.69, 9.17) is 0 Å². The summed E-state index contributed by atoms with van der Waals surface area (Å²) in [4.78, 5) is 72.2. The van der Waals surface area contributed by atoms with Crippen LogP contribution in [0.5, 0.6) is 0 Å². The number of hydrogen-bond acceptors (Lipinski definition) is 6. The summed E-state index contributed by atoms with van der Waals surface area (Å²) >= 11 is 0. The van der Waals surface area contributed by atoms with Crippen LogP contribution in [0, 0.1) is 0 Å². The number of carboxylic acid groups (broad SMARTS) is 2. The average molecular weight is 767 g/mol. The number of hydrogen-bond donors (Lipinski definition) is 6. The van der Waals surface area contributed by atoms with Crippen molar-refractivity contribution in [3.8, 4) is 0 Å². The molecule has 12 heteroatoms. The lowest BCUT2D eigenvalue weighted by Gasteiger charge is -2.14. The molecule has 0 spiro atoms. The third kappa shape index (κ3) is 33.4. The van der Waals surface area contributed by atoms with E-state index >= 15 is 0 Å². The fourth-order valence-electron chi connectivity index (χ4n) is 6.38. The fourth-order valence-corrected chi connectivity index (χ4v) is 6.38. The molecule has 0 rings (SSSR count). The Balaban J connectivity index is 3.87. The van der Waals surface area contributed by atoms with Gasteiger partial charge < -0.3 is 31.5 Å². The molecule has 4 amide bonds. The molecule has 0 heterocycles. The van der Waals surface area contributed by atoms with Gasteiger partial charge in [-0.15, -0.1) is 0 Å². The van der Waals surface area contributed by atoms with Gasteiger partial charge in [0.15, 0.2) is 0 Å². The van der Waals surface area contributed by atoms with Gasteiger partial charge in [-0.2, -0.15) is 0 Å². The lowest BCUT2D eigenvalue weighted by atomic mass is 10.1. The third-order valence-electron chi connectivity index (χ3n) is 9.85. The Morgan fingerprint density at radius 3 is 0.944 bits per heavy atom. The van der Waals surface area contributed by atoms with Gasteiger partial charge in [0.25, 0.3) is 0 Å². The van der Waals surface area contributed by atoms with E-state index in [1.165, 1.54) is 77.0 Å². The Kier molecular flexibility index (Phi) is 34.6. The monoisotopic (exact) mass is 767 g/mol. The van der Waals surface area contributed by atoms with Gasteiger partial charge in [-0.1, -0.05) is 142 Å². The SMILES string of the molecule is CCCCCCCCCCCC(=O)N[C@@H](CCC(=O)NCCCCCCCCNC(=O)CC[C@H](NC(=O)CCCCCCCCCCC)C(=O)O)C(=O)O. The Hall–Kier alpha value is -3.18. The van der Waals surface area contributed by atoms with E-state index in [0.29, 0.717) is 25.9 Å². The van der Waals surface area contributed by atoms with Crippen LogP contribution in [0.15, 0.2) is 0 Å². The largest absolute Gasteiger partial charge is 0.480 e. The Labute approximate surface area is 326 Å². The lowest BCUT2D eigenvalue weighted by Crippen LogP contribution is -2.41. The molecule has 0 aliphatic rings. The molecular formula is C42H78N4O8. The minimum Gasteiger partial charge on any atom is -0.480 e. The van der Waals surface area contributed by atoms with E-state index in [0.717, 1.165) is 77.0 Å². The Morgan fingerprint density at radius 2 is 0.648 bits per heavy atom. The van der Waals surface area contributed by atoms with Gasteiger partial charge in [-0.25, -0.2) is 9.59 Å². The standard InChI is InChI=1S/C42H78N4O8/c1-3-5-7-9-11-13-15-19-23-27-39(49)45-35(41(51)52)29-31-37(47)43-33-25-21-17-18-22-26-34-44-38(48)32-30-36(42(53)54)46-40(50)28-24-20-16-14-12-10-8-6-4-2/h35-36H,3-34H2,1-2H3,(H,43,47)(H,44,48)(H,45,49)(H,46,50)(H,51,52)(H,53,54)/t35-,36-/m0/s1. The zero-order valence-electron chi connectivity index (χ0n) is 34.1. The third-order valence-corrected chi connectivity index (χ3v) is 9.85. The van der Waals surface area contributed by atoms with Crippen LogP contribution in [0.4, 0.5) is 0 Å². The summed E-state index contributed by atoms with van der Waals surface area (Å²) in [5, 5.41) is 29.8. The molecule has 6 N–H and O–H groups in total. The van der Waals surface area contributed by atoms with Gasteiger partial charge in [-0.05, 0) is 38.5 Å². The van der Waals surface area contributed by atoms with Crippen molar-refractivity contribution in [3.05, 3.63) is 0 Å². The average Bonchev–Trinajstić information content (AvgIpc) is 3.14. The quantitative estimate of drug-likeness (QED) is 0.0338. The summed E-state index contributed by atoms with van der Waals surface area (Å²) in [5.41, 5.74) is 0. The molecule has 0 aromatic carbocycles. The molecule has 2 atom stereocenters. The van der Waals surface area contributed by atoms with Gasteiger partial charge in [0.1, 0.15) is 12.1 Å². The number of aliphatic carboxylic acids is 2. The Morgan fingerprint density at radius 1 is 0.370 bits per heavy atom. The molecule has 0 aromatic rings. The first kappa shape index (κ1) is 50.8. The number of unbranched alkanes of at least 4 members (excludes halogenated alkanes) is 21. The zero-order valence-corrected chi connectivity index (χ0v) is 34.1. The van der Waals surface area contributed by atoms with Crippen LogP contribution in [-0.4, -0.2) is 71.0 Å². The van der Waals surface area contributed by atoms with Crippen molar-refractivity contribution in [2.75, 3.05) is 13.1 Å². The van der Waals surface area contributed by atoms with Crippen molar-refractivity contribution in [1.82, 2.24) is 21.3 Å². The van der Waals surface area contributed by atoms with E-state index in [9.17, 15) is 39.0 Å². The highest BCUT2D eigenvalue weighted by molar-refractivity contribution is 5.85. The number of nitrogens with one attached hydrogen (secondary N) is 4. The zero-order chi connectivity index (χ0) is 40.1. The molecule has 0 fully saturated rings. The van der Waals surface area contributed by atoms with E-state index in [2.05, 4.69) is 35.1 Å². The molecule has 0 aliphatic heterocycles. The summed E-state index contributed by atoms with van der Waals surface area (Å²) in [6, 6.07) is -2.14. The number of carbonyl (C=O) groups is 6. The van der Waals surface area contributed by atoms with Crippen LogP contribution in [-0.2, 0) is 28.8 Å². The predicted octanol–water partition coefficient (Wildman–Crippen LogP) is 8.10. The molecule has 12 nitrogen and oxygen atoms in total.